The van der Waals surface area contributed by atoms with Crippen LogP contribution in [0.3, 0.4) is 0 Å². The van der Waals surface area contributed by atoms with Crippen molar-refractivity contribution in [1.82, 2.24) is 4.98 Å². The number of aryl methyl sites for hydroxylation is 1. The number of carbonyl (C=O) groups excluding carboxylic acids is 2. The Labute approximate surface area is 186 Å². The number of para-hydroxylation sites is 2. The number of aromatic hydroxyl groups is 1. The molecule has 7 heteroatoms. The van der Waals surface area contributed by atoms with Gasteiger partial charge in [0, 0.05) is 19.2 Å². The van der Waals surface area contributed by atoms with Crippen LogP contribution in [-0.4, -0.2) is 35.6 Å². The molecule has 2 aromatic carbocycles. The highest BCUT2D eigenvalue weighted by atomic mass is 16.5. The third-order valence-electron chi connectivity index (χ3n) is 5.58. The van der Waals surface area contributed by atoms with Crippen molar-refractivity contribution in [2.75, 3.05) is 23.5 Å². The zero-order valence-corrected chi connectivity index (χ0v) is 18.1. The Morgan fingerprint density at radius 2 is 1.97 bits per heavy atom. The maximum Gasteiger partial charge on any atom is 0.232 e. The van der Waals surface area contributed by atoms with E-state index in [0.29, 0.717) is 22.8 Å². The van der Waals surface area contributed by atoms with E-state index in [1.54, 1.807) is 42.5 Å². The summed E-state index contributed by atoms with van der Waals surface area (Å²) in [6, 6.07) is 17.8. The summed E-state index contributed by atoms with van der Waals surface area (Å²) in [6.45, 7) is 2.37. The van der Waals surface area contributed by atoms with E-state index in [-0.39, 0.29) is 37.1 Å². The smallest absolute Gasteiger partial charge is 0.232 e. The molecule has 7 nitrogen and oxygen atoms in total. The minimum atomic E-state index is -0.559. The van der Waals surface area contributed by atoms with Crippen LogP contribution in [0.15, 0.2) is 66.9 Å². The van der Waals surface area contributed by atoms with Crippen molar-refractivity contribution in [1.29, 1.82) is 0 Å². The highest BCUT2D eigenvalue weighted by Crippen LogP contribution is 2.36. The third kappa shape index (κ3) is 4.27. The van der Waals surface area contributed by atoms with E-state index in [1.165, 1.54) is 11.0 Å². The van der Waals surface area contributed by atoms with E-state index in [2.05, 4.69) is 4.98 Å². The molecule has 0 aliphatic carbocycles. The topological polar surface area (TPSA) is 83.0 Å². The van der Waals surface area contributed by atoms with Gasteiger partial charge in [-0.1, -0.05) is 24.3 Å². The molecule has 1 unspecified atom stereocenters. The summed E-state index contributed by atoms with van der Waals surface area (Å²) >= 11 is 0. The molecule has 1 saturated heterocycles. The largest absolute Gasteiger partial charge is 0.506 e. The van der Waals surface area contributed by atoms with Crippen molar-refractivity contribution < 1.29 is 19.4 Å². The molecule has 1 atom stereocenters. The Kier molecular flexibility index (Phi) is 6.07. The second kappa shape index (κ2) is 9.09. The van der Waals surface area contributed by atoms with Crippen LogP contribution >= 0.6 is 0 Å². The van der Waals surface area contributed by atoms with Crippen LogP contribution in [0.4, 0.5) is 11.4 Å². The summed E-state index contributed by atoms with van der Waals surface area (Å²) in [5.41, 5.74) is 2.73. The summed E-state index contributed by atoms with van der Waals surface area (Å²) in [5.74, 6) is -0.348. The normalized spacial score (nSPS) is 15.6. The number of ether oxygens (including phenoxy) is 1. The Morgan fingerprint density at radius 3 is 2.69 bits per heavy atom. The average molecular weight is 431 g/mol. The Bertz CT molecular complexity index is 1130. The van der Waals surface area contributed by atoms with Crippen LogP contribution in [0.2, 0.25) is 0 Å². The van der Waals surface area contributed by atoms with Gasteiger partial charge in [0.1, 0.15) is 11.5 Å². The predicted octanol–water partition coefficient (Wildman–Crippen LogP) is 3.69. The van der Waals surface area contributed by atoms with Crippen molar-refractivity contribution >= 4 is 23.2 Å². The molecule has 2 heterocycles. The van der Waals surface area contributed by atoms with E-state index < -0.39 is 5.92 Å². The van der Waals surface area contributed by atoms with Crippen LogP contribution in [0.1, 0.15) is 17.7 Å². The number of benzene rings is 2. The number of nitrogens with zero attached hydrogens (tertiary/aromatic N) is 3. The maximum absolute atomic E-state index is 13.6. The van der Waals surface area contributed by atoms with Gasteiger partial charge >= 0.3 is 0 Å². The van der Waals surface area contributed by atoms with Crippen molar-refractivity contribution in [3.05, 3.63) is 78.1 Å². The van der Waals surface area contributed by atoms with Gasteiger partial charge in [-0.15, -0.1) is 0 Å². The number of anilines is 2. The number of hydrogen-bond donors (Lipinski definition) is 1. The number of aromatic nitrogens is 1. The van der Waals surface area contributed by atoms with Gasteiger partial charge in [0.2, 0.25) is 11.8 Å². The van der Waals surface area contributed by atoms with Gasteiger partial charge in [0.15, 0.2) is 0 Å². The van der Waals surface area contributed by atoms with Crippen molar-refractivity contribution in [2.45, 2.75) is 19.9 Å². The van der Waals surface area contributed by atoms with Crippen molar-refractivity contribution in [3.8, 4) is 11.5 Å². The van der Waals surface area contributed by atoms with Gasteiger partial charge < -0.3 is 19.6 Å². The van der Waals surface area contributed by atoms with E-state index in [0.717, 1.165) is 5.56 Å². The Hall–Kier alpha value is -3.87. The van der Waals surface area contributed by atoms with Crippen molar-refractivity contribution in [3.63, 3.8) is 0 Å². The number of phenolic OH excluding ortho intramolecular Hbond substituents is 1. The number of rotatable bonds is 6. The summed E-state index contributed by atoms with van der Waals surface area (Å²) in [5, 5.41) is 10.4. The molecule has 1 fully saturated rings. The molecular weight excluding hydrogens is 406 g/mol. The van der Waals surface area contributed by atoms with E-state index >= 15 is 0 Å². The first-order valence-corrected chi connectivity index (χ1v) is 10.4. The first kappa shape index (κ1) is 21.4. The molecule has 32 heavy (non-hydrogen) atoms. The summed E-state index contributed by atoms with van der Waals surface area (Å²) in [4.78, 5) is 34.0. The highest BCUT2D eigenvalue weighted by molar-refractivity contribution is 6.05. The number of amides is 2. The molecule has 3 aromatic rings. The number of pyridine rings is 1. The number of carbonyl (C=O) groups is 2. The second-order valence-electron chi connectivity index (χ2n) is 7.81. The van der Waals surface area contributed by atoms with Gasteiger partial charge in [-0.3, -0.25) is 14.6 Å². The van der Waals surface area contributed by atoms with Crippen LogP contribution in [0, 0.1) is 12.8 Å². The molecule has 1 aliphatic heterocycles. The minimum Gasteiger partial charge on any atom is -0.506 e. The van der Waals surface area contributed by atoms with E-state index in [1.807, 2.05) is 37.3 Å². The fourth-order valence-electron chi connectivity index (χ4n) is 3.97. The Balaban J connectivity index is 1.64. The molecule has 1 N–H and O–H groups in total. The SMILES string of the molecule is COc1ccc(C)cc1N1CC(C(=O)N(Cc2ccccn2)c2ccccc2O)CC1=O. The van der Waals surface area contributed by atoms with Gasteiger partial charge in [0.25, 0.3) is 0 Å². The third-order valence-corrected chi connectivity index (χ3v) is 5.58. The molecule has 0 saturated carbocycles. The quantitative estimate of drug-likeness (QED) is 0.644. The molecule has 1 aromatic heterocycles. The molecule has 1 aliphatic rings. The second-order valence-corrected chi connectivity index (χ2v) is 7.81. The molecule has 0 spiro atoms. The van der Waals surface area contributed by atoms with Gasteiger partial charge in [-0.25, -0.2) is 0 Å². The fraction of sp³-hybridized carbons (Fsp3) is 0.240. The first-order chi connectivity index (χ1) is 15.5. The van der Waals surface area contributed by atoms with Crippen LogP contribution < -0.4 is 14.5 Å². The van der Waals surface area contributed by atoms with Crippen LogP contribution in [0.5, 0.6) is 11.5 Å². The lowest BCUT2D eigenvalue weighted by atomic mass is 10.1. The van der Waals surface area contributed by atoms with E-state index in [9.17, 15) is 14.7 Å². The Morgan fingerprint density at radius 1 is 1.19 bits per heavy atom. The van der Waals surface area contributed by atoms with Crippen LogP contribution in [-0.2, 0) is 16.1 Å². The standard InChI is InChI=1S/C25H25N3O4/c1-17-10-11-23(32-2)21(13-17)27-15-18(14-24(27)30)25(31)28(16-19-7-5-6-12-26-19)20-8-3-4-9-22(20)29/h3-13,18,29H,14-16H2,1-2H3. The number of methoxy groups -OCH3 is 1. The van der Waals surface area contributed by atoms with Crippen LogP contribution in [0.25, 0.3) is 0 Å². The summed E-state index contributed by atoms with van der Waals surface area (Å²) in [6.07, 6.45) is 1.75. The van der Waals surface area contributed by atoms with Crippen molar-refractivity contribution in [2.24, 2.45) is 5.92 Å². The lowest BCUT2D eigenvalue weighted by Gasteiger charge is -2.26. The van der Waals surface area contributed by atoms with Gasteiger partial charge in [0.05, 0.1) is 36.6 Å². The molecule has 2 amide bonds. The minimum absolute atomic E-state index is 0.00156. The zero-order valence-electron chi connectivity index (χ0n) is 18.1. The molecule has 0 bridgehead atoms. The van der Waals surface area contributed by atoms with Gasteiger partial charge in [-0.2, -0.15) is 0 Å². The lowest BCUT2D eigenvalue weighted by molar-refractivity contribution is -0.124. The zero-order chi connectivity index (χ0) is 22.7. The molecular formula is C25H25N3O4. The predicted molar refractivity (Wildman–Crippen MR) is 122 cm³/mol. The first-order valence-electron chi connectivity index (χ1n) is 10.4. The number of phenols is 1. The average Bonchev–Trinajstić information content (AvgIpc) is 3.19. The molecule has 4 rings (SSSR count). The number of hydrogen-bond acceptors (Lipinski definition) is 5. The fourth-order valence-corrected chi connectivity index (χ4v) is 3.97. The maximum atomic E-state index is 13.6. The van der Waals surface area contributed by atoms with Gasteiger partial charge in [-0.05, 0) is 48.9 Å². The van der Waals surface area contributed by atoms with E-state index in [4.69, 9.17) is 4.74 Å². The monoisotopic (exact) mass is 431 g/mol. The summed E-state index contributed by atoms with van der Waals surface area (Å²) in [7, 11) is 1.56. The summed E-state index contributed by atoms with van der Waals surface area (Å²) < 4.78 is 5.44. The highest BCUT2D eigenvalue weighted by Gasteiger charge is 2.39. The molecule has 0 radical (unpaired) electrons. The molecule has 164 valence electrons. The lowest BCUT2D eigenvalue weighted by Crippen LogP contribution is -2.37.